The fourth-order valence-electron chi connectivity index (χ4n) is 3.14. The van der Waals surface area contributed by atoms with Gasteiger partial charge in [0.2, 0.25) is 0 Å². The van der Waals surface area contributed by atoms with Crippen LogP contribution in [0.25, 0.3) is 0 Å². The van der Waals surface area contributed by atoms with Gasteiger partial charge in [-0.05, 0) is 67.0 Å². The molecule has 1 aliphatic carbocycles. The van der Waals surface area contributed by atoms with E-state index >= 15 is 0 Å². The quantitative estimate of drug-likeness (QED) is 0.580. The van der Waals surface area contributed by atoms with Gasteiger partial charge in [-0.25, -0.2) is 0 Å². The first kappa shape index (κ1) is 18.9. The van der Waals surface area contributed by atoms with Crippen LogP contribution in [-0.2, 0) is 6.42 Å². The first-order chi connectivity index (χ1) is 12.8. The highest BCUT2D eigenvalue weighted by Gasteiger charge is 2.25. The molecule has 0 aromatic heterocycles. The van der Waals surface area contributed by atoms with Gasteiger partial charge in [0.25, 0.3) is 0 Å². The van der Waals surface area contributed by atoms with E-state index in [0.29, 0.717) is 12.5 Å². The first-order valence-electron chi connectivity index (χ1n) is 9.96. The summed E-state index contributed by atoms with van der Waals surface area (Å²) in [6.07, 6.45) is 5.17. The van der Waals surface area contributed by atoms with Crippen molar-refractivity contribution in [2.45, 2.75) is 51.0 Å². The van der Waals surface area contributed by atoms with E-state index in [9.17, 15) is 5.11 Å². The maximum absolute atomic E-state index is 10.6. The Morgan fingerprint density at radius 2 is 1.96 bits per heavy atom. The monoisotopic (exact) mass is 353 g/mol. The lowest BCUT2D eigenvalue weighted by molar-refractivity contribution is 0.174. The molecule has 0 spiro atoms. The second-order valence-corrected chi connectivity index (χ2v) is 7.27. The molecule has 0 saturated heterocycles. The average molecular weight is 354 g/mol. The van der Waals surface area contributed by atoms with Crippen LogP contribution in [0.4, 0.5) is 0 Å². The molecule has 0 aliphatic heterocycles. The van der Waals surface area contributed by atoms with E-state index in [1.807, 2.05) is 12.1 Å². The number of aliphatic hydroxyl groups excluding tert-OH is 1. The summed E-state index contributed by atoms with van der Waals surface area (Å²) in [5.74, 6) is 1.56. The summed E-state index contributed by atoms with van der Waals surface area (Å²) in [6, 6.07) is 16.8. The van der Waals surface area contributed by atoms with Crippen LogP contribution in [0, 0.1) is 0 Å². The standard InChI is InChI=1S/C23H31NO2/c1-2-3-13-26-22-15-20(19-9-10-19)14-21(16-22)23(25)17-24-12-11-18-7-5-4-6-8-18/h4-8,14-16,19,23-25H,2-3,9-13,17H2,1H3/t23-/m0/s1. The van der Waals surface area contributed by atoms with Gasteiger partial charge in [0, 0.05) is 6.54 Å². The molecule has 3 rings (SSSR count). The van der Waals surface area contributed by atoms with Gasteiger partial charge >= 0.3 is 0 Å². The summed E-state index contributed by atoms with van der Waals surface area (Å²) in [4.78, 5) is 0. The molecule has 26 heavy (non-hydrogen) atoms. The van der Waals surface area contributed by atoms with E-state index in [1.54, 1.807) is 0 Å². The zero-order valence-corrected chi connectivity index (χ0v) is 15.8. The molecular weight excluding hydrogens is 322 g/mol. The van der Waals surface area contributed by atoms with Gasteiger partial charge in [-0.15, -0.1) is 0 Å². The SMILES string of the molecule is CCCCOc1cc(C2CC2)cc([C@@H](O)CNCCc2ccccc2)c1. The number of nitrogens with one attached hydrogen (secondary N) is 1. The number of aliphatic hydroxyl groups is 1. The summed E-state index contributed by atoms with van der Waals surface area (Å²) in [6.45, 7) is 4.34. The Kier molecular flexibility index (Phi) is 7.10. The third kappa shape index (κ3) is 5.86. The van der Waals surface area contributed by atoms with Crippen LogP contribution in [0.5, 0.6) is 5.75 Å². The molecule has 2 aromatic rings. The fraction of sp³-hybridized carbons (Fsp3) is 0.478. The van der Waals surface area contributed by atoms with Crippen molar-refractivity contribution >= 4 is 0 Å². The third-order valence-corrected chi connectivity index (χ3v) is 4.92. The van der Waals surface area contributed by atoms with E-state index in [2.05, 4.69) is 48.6 Å². The Labute approximate surface area is 157 Å². The van der Waals surface area contributed by atoms with E-state index < -0.39 is 6.10 Å². The Morgan fingerprint density at radius 1 is 1.15 bits per heavy atom. The van der Waals surface area contributed by atoms with Crippen molar-refractivity contribution in [3.63, 3.8) is 0 Å². The predicted molar refractivity (Wildman–Crippen MR) is 107 cm³/mol. The molecule has 2 aromatic carbocycles. The molecule has 0 amide bonds. The van der Waals surface area contributed by atoms with Crippen molar-refractivity contribution in [1.29, 1.82) is 0 Å². The second-order valence-electron chi connectivity index (χ2n) is 7.27. The number of hydrogen-bond donors (Lipinski definition) is 2. The van der Waals surface area contributed by atoms with E-state index in [-0.39, 0.29) is 0 Å². The van der Waals surface area contributed by atoms with Crippen molar-refractivity contribution in [3.05, 3.63) is 65.2 Å². The van der Waals surface area contributed by atoms with Crippen LogP contribution in [0.15, 0.2) is 48.5 Å². The summed E-state index contributed by atoms with van der Waals surface area (Å²) in [7, 11) is 0. The highest BCUT2D eigenvalue weighted by Crippen LogP contribution is 2.42. The molecule has 0 bridgehead atoms. The van der Waals surface area contributed by atoms with Crippen LogP contribution >= 0.6 is 0 Å². The molecule has 3 heteroatoms. The van der Waals surface area contributed by atoms with E-state index in [0.717, 1.165) is 43.7 Å². The zero-order chi connectivity index (χ0) is 18.2. The molecule has 1 saturated carbocycles. The number of hydrogen-bond acceptors (Lipinski definition) is 3. The minimum Gasteiger partial charge on any atom is -0.494 e. The Bertz CT molecular complexity index is 667. The smallest absolute Gasteiger partial charge is 0.119 e. The van der Waals surface area contributed by atoms with Crippen molar-refractivity contribution < 1.29 is 9.84 Å². The van der Waals surface area contributed by atoms with Crippen molar-refractivity contribution in [2.75, 3.05) is 19.7 Å². The van der Waals surface area contributed by atoms with Crippen molar-refractivity contribution in [3.8, 4) is 5.75 Å². The lowest BCUT2D eigenvalue weighted by Gasteiger charge is -2.16. The average Bonchev–Trinajstić information content (AvgIpc) is 3.51. The summed E-state index contributed by atoms with van der Waals surface area (Å²) in [5, 5.41) is 14.0. The minimum absolute atomic E-state index is 0.502. The normalized spacial score (nSPS) is 15.0. The first-order valence-corrected chi connectivity index (χ1v) is 9.96. The summed E-state index contributed by atoms with van der Waals surface area (Å²) in [5.41, 5.74) is 3.60. The van der Waals surface area contributed by atoms with E-state index in [1.165, 1.54) is 24.0 Å². The van der Waals surface area contributed by atoms with Crippen molar-refractivity contribution in [1.82, 2.24) is 5.32 Å². The van der Waals surface area contributed by atoms with E-state index in [4.69, 9.17) is 4.74 Å². The Hall–Kier alpha value is -1.84. The van der Waals surface area contributed by atoms with Gasteiger partial charge in [0.15, 0.2) is 0 Å². The molecule has 1 atom stereocenters. The molecule has 0 heterocycles. The van der Waals surface area contributed by atoms with Gasteiger partial charge in [0.1, 0.15) is 5.75 Å². The van der Waals surface area contributed by atoms with Gasteiger partial charge in [-0.3, -0.25) is 0 Å². The van der Waals surface area contributed by atoms with Gasteiger partial charge in [-0.2, -0.15) is 0 Å². The molecule has 1 fully saturated rings. The highest BCUT2D eigenvalue weighted by atomic mass is 16.5. The maximum atomic E-state index is 10.6. The zero-order valence-electron chi connectivity index (χ0n) is 15.8. The number of ether oxygens (including phenoxy) is 1. The maximum Gasteiger partial charge on any atom is 0.119 e. The Morgan fingerprint density at radius 3 is 2.69 bits per heavy atom. The number of benzene rings is 2. The van der Waals surface area contributed by atoms with Crippen LogP contribution in [0.1, 0.15) is 61.3 Å². The molecule has 0 unspecified atom stereocenters. The molecule has 140 valence electrons. The van der Waals surface area contributed by atoms with Gasteiger partial charge in [-0.1, -0.05) is 49.7 Å². The molecule has 3 nitrogen and oxygen atoms in total. The minimum atomic E-state index is -0.502. The van der Waals surface area contributed by atoms with Crippen molar-refractivity contribution in [2.24, 2.45) is 0 Å². The van der Waals surface area contributed by atoms with Crippen LogP contribution < -0.4 is 10.1 Å². The number of rotatable bonds is 11. The second kappa shape index (κ2) is 9.75. The molecule has 2 N–H and O–H groups in total. The Balaban J connectivity index is 1.54. The molecular formula is C23H31NO2. The van der Waals surface area contributed by atoms with Crippen LogP contribution in [-0.4, -0.2) is 24.8 Å². The van der Waals surface area contributed by atoms with Gasteiger partial charge in [0.05, 0.1) is 12.7 Å². The lowest BCUT2D eigenvalue weighted by Crippen LogP contribution is -2.23. The largest absolute Gasteiger partial charge is 0.494 e. The lowest BCUT2D eigenvalue weighted by atomic mass is 10.0. The van der Waals surface area contributed by atoms with Gasteiger partial charge < -0.3 is 15.2 Å². The third-order valence-electron chi connectivity index (χ3n) is 4.92. The summed E-state index contributed by atoms with van der Waals surface area (Å²) >= 11 is 0. The topological polar surface area (TPSA) is 41.5 Å². The summed E-state index contributed by atoms with van der Waals surface area (Å²) < 4.78 is 5.91. The predicted octanol–water partition coefficient (Wildman–Crippen LogP) is 4.61. The highest BCUT2D eigenvalue weighted by molar-refractivity contribution is 5.39. The fourth-order valence-corrected chi connectivity index (χ4v) is 3.14. The molecule has 1 aliphatic rings. The van der Waals surface area contributed by atoms with Crippen LogP contribution in [0.2, 0.25) is 0 Å². The number of unbranched alkanes of at least 4 members (excludes halogenated alkanes) is 1. The molecule has 0 radical (unpaired) electrons. The van der Waals surface area contributed by atoms with Crippen LogP contribution in [0.3, 0.4) is 0 Å².